The van der Waals surface area contributed by atoms with Gasteiger partial charge in [0.1, 0.15) is 11.6 Å². The predicted molar refractivity (Wildman–Crippen MR) is 100 cm³/mol. The van der Waals surface area contributed by atoms with E-state index in [9.17, 15) is 4.79 Å². The lowest BCUT2D eigenvalue weighted by Gasteiger charge is -2.33. The Morgan fingerprint density at radius 2 is 1.81 bits per heavy atom. The molecule has 0 bridgehead atoms. The molecule has 1 aromatic heterocycles. The van der Waals surface area contributed by atoms with Crippen molar-refractivity contribution in [2.75, 3.05) is 44.3 Å². The number of piperidine rings is 1. The van der Waals surface area contributed by atoms with Crippen LogP contribution in [0.5, 0.6) is 0 Å². The van der Waals surface area contributed by atoms with Crippen molar-refractivity contribution in [1.29, 1.82) is 0 Å². The first-order valence-electron chi connectivity index (χ1n) is 9.91. The maximum Gasteiger partial charge on any atom is 0.226 e. The van der Waals surface area contributed by atoms with E-state index >= 15 is 0 Å². The second-order valence-electron chi connectivity index (χ2n) is 8.64. The van der Waals surface area contributed by atoms with Gasteiger partial charge in [-0.2, -0.15) is 0 Å². The molecule has 3 aliphatic rings. The molecule has 26 heavy (non-hydrogen) atoms. The van der Waals surface area contributed by atoms with E-state index in [-0.39, 0.29) is 11.3 Å². The minimum atomic E-state index is 0.213. The Labute approximate surface area is 155 Å². The number of anilines is 1. The standard InChI is InChI=1S/C20H30N4O2/c1-14-21-17(12-18(22-14)23-8-10-26-11-9-23)15-4-6-24(7-5-15)19(25)16-13-20(16,2)3/h12,15-16H,4-11,13H2,1-3H3/t16-/m0/s1. The lowest BCUT2D eigenvalue weighted by molar-refractivity contribution is -0.134. The van der Waals surface area contributed by atoms with E-state index < -0.39 is 0 Å². The van der Waals surface area contributed by atoms with Crippen LogP contribution in [-0.2, 0) is 9.53 Å². The third-order valence-electron chi connectivity index (χ3n) is 6.22. The Hall–Kier alpha value is -1.69. The van der Waals surface area contributed by atoms with Crippen molar-refractivity contribution in [2.24, 2.45) is 11.3 Å². The summed E-state index contributed by atoms with van der Waals surface area (Å²) < 4.78 is 5.45. The maximum atomic E-state index is 12.6. The van der Waals surface area contributed by atoms with Crippen LogP contribution in [-0.4, -0.2) is 60.2 Å². The van der Waals surface area contributed by atoms with Crippen LogP contribution in [0, 0.1) is 18.3 Å². The molecule has 1 atom stereocenters. The van der Waals surface area contributed by atoms with Crippen LogP contribution in [0.1, 0.15) is 50.5 Å². The van der Waals surface area contributed by atoms with Crippen LogP contribution in [0.3, 0.4) is 0 Å². The van der Waals surface area contributed by atoms with E-state index in [0.717, 1.165) is 76.0 Å². The minimum Gasteiger partial charge on any atom is -0.378 e. The average Bonchev–Trinajstić information content (AvgIpc) is 3.30. The summed E-state index contributed by atoms with van der Waals surface area (Å²) in [6, 6.07) is 2.16. The summed E-state index contributed by atoms with van der Waals surface area (Å²) >= 11 is 0. The number of amides is 1. The van der Waals surface area contributed by atoms with E-state index in [0.29, 0.717) is 11.8 Å². The fourth-order valence-electron chi connectivity index (χ4n) is 4.24. The monoisotopic (exact) mass is 358 g/mol. The summed E-state index contributed by atoms with van der Waals surface area (Å²) in [7, 11) is 0. The molecule has 142 valence electrons. The van der Waals surface area contributed by atoms with Gasteiger partial charge in [-0.25, -0.2) is 9.97 Å². The molecule has 6 nitrogen and oxygen atoms in total. The van der Waals surface area contributed by atoms with Gasteiger partial charge in [0.2, 0.25) is 5.91 Å². The normalized spacial score (nSPS) is 26.0. The van der Waals surface area contributed by atoms with Crippen molar-refractivity contribution in [3.63, 3.8) is 0 Å². The summed E-state index contributed by atoms with van der Waals surface area (Å²) in [4.78, 5) is 26.3. The maximum absolute atomic E-state index is 12.6. The number of likely N-dealkylation sites (tertiary alicyclic amines) is 1. The summed E-state index contributed by atoms with van der Waals surface area (Å²) in [5, 5.41) is 0. The fourth-order valence-corrected chi connectivity index (χ4v) is 4.24. The number of aryl methyl sites for hydroxylation is 1. The Balaban J connectivity index is 1.41. The van der Waals surface area contributed by atoms with Gasteiger partial charge in [0, 0.05) is 49.8 Å². The van der Waals surface area contributed by atoms with Gasteiger partial charge in [0.05, 0.1) is 13.2 Å². The molecule has 2 saturated heterocycles. The van der Waals surface area contributed by atoms with E-state index in [1.165, 1.54) is 0 Å². The highest BCUT2D eigenvalue weighted by molar-refractivity contribution is 5.82. The molecular weight excluding hydrogens is 328 g/mol. The Bertz CT molecular complexity index is 676. The molecule has 0 aromatic carbocycles. The number of aromatic nitrogens is 2. The highest BCUT2D eigenvalue weighted by Gasteiger charge is 2.52. The van der Waals surface area contributed by atoms with Gasteiger partial charge < -0.3 is 14.5 Å². The third-order valence-corrected chi connectivity index (χ3v) is 6.22. The van der Waals surface area contributed by atoms with Crippen molar-refractivity contribution in [1.82, 2.24) is 14.9 Å². The summed E-state index contributed by atoms with van der Waals surface area (Å²) in [6.45, 7) is 11.4. The van der Waals surface area contributed by atoms with Gasteiger partial charge in [-0.3, -0.25) is 4.79 Å². The molecule has 0 unspecified atom stereocenters. The fraction of sp³-hybridized carbons (Fsp3) is 0.750. The lowest BCUT2D eigenvalue weighted by Crippen LogP contribution is -2.40. The number of ether oxygens (including phenoxy) is 1. The zero-order valence-corrected chi connectivity index (χ0v) is 16.2. The van der Waals surface area contributed by atoms with Crippen LogP contribution in [0.15, 0.2) is 6.07 Å². The van der Waals surface area contributed by atoms with Gasteiger partial charge in [-0.1, -0.05) is 13.8 Å². The van der Waals surface area contributed by atoms with Gasteiger partial charge in [-0.05, 0) is 31.6 Å². The molecule has 6 heteroatoms. The number of hydrogen-bond donors (Lipinski definition) is 0. The molecule has 0 N–H and O–H groups in total. The summed E-state index contributed by atoms with van der Waals surface area (Å²) in [6.07, 6.45) is 3.04. The van der Waals surface area contributed by atoms with Gasteiger partial charge in [0.25, 0.3) is 0 Å². The number of carbonyl (C=O) groups is 1. The molecule has 1 aromatic rings. The number of carbonyl (C=O) groups excluding carboxylic acids is 1. The quantitative estimate of drug-likeness (QED) is 0.830. The largest absolute Gasteiger partial charge is 0.378 e. The molecular formula is C20H30N4O2. The topological polar surface area (TPSA) is 58.6 Å². The molecule has 1 aliphatic carbocycles. The molecule has 4 rings (SSSR count). The molecule has 3 fully saturated rings. The Kier molecular flexibility index (Phi) is 4.63. The van der Waals surface area contributed by atoms with E-state index in [1.54, 1.807) is 0 Å². The van der Waals surface area contributed by atoms with Crippen molar-refractivity contribution < 1.29 is 9.53 Å². The first-order valence-corrected chi connectivity index (χ1v) is 9.91. The Morgan fingerprint density at radius 3 is 2.42 bits per heavy atom. The van der Waals surface area contributed by atoms with Crippen LogP contribution >= 0.6 is 0 Å². The molecule has 1 amide bonds. The van der Waals surface area contributed by atoms with Gasteiger partial charge in [0.15, 0.2) is 0 Å². The van der Waals surface area contributed by atoms with Crippen LogP contribution in [0.4, 0.5) is 5.82 Å². The third kappa shape index (κ3) is 3.56. The van der Waals surface area contributed by atoms with E-state index in [1.807, 2.05) is 6.92 Å². The lowest BCUT2D eigenvalue weighted by atomic mass is 9.92. The molecule has 1 saturated carbocycles. The highest BCUT2D eigenvalue weighted by Crippen LogP contribution is 2.52. The number of nitrogens with zero attached hydrogens (tertiary/aromatic N) is 4. The smallest absolute Gasteiger partial charge is 0.226 e. The van der Waals surface area contributed by atoms with Crippen LogP contribution in [0.25, 0.3) is 0 Å². The molecule has 3 heterocycles. The highest BCUT2D eigenvalue weighted by atomic mass is 16.5. The number of morpholine rings is 1. The minimum absolute atomic E-state index is 0.213. The van der Waals surface area contributed by atoms with Gasteiger partial charge >= 0.3 is 0 Å². The predicted octanol–water partition coefficient (Wildman–Crippen LogP) is 2.37. The summed E-state index contributed by atoms with van der Waals surface area (Å²) in [5.41, 5.74) is 1.35. The second-order valence-corrected chi connectivity index (χ2v) is 8.64. The van der Waals surface area contributed by atoms with Crippen LogP contribution < -0.4 is 4.90 Å². The second kappa shape index (κ2) is 6.80. The van der Waals surface area contributed by atoms with Crippen molar-refractivity contribution >= 4 is 11.7 Å². The SMILES string of the molecule is Cc1nc(C2CCN(C(=O)[C@@H]3CC3(C)C)CC2)cc(N2CCOCC2)n1. The van der Waals surface area contributed by atoms with E-state index in [2.05, 4.69) is 34.7 Å². The first-order chi connectivity index (χ1) is 12.4. The van der Waals surface area contributed by atoms with Gasteiger partial charge in [-0.15, -0.1) is 0 Å². The van der Waals surface area contributed by atoms with Crippen LogP contribution in [0.2, 0.25) is 0 Å². The molecule has 0 spiro atoms. The Morgan fingerprint density at radius 1 is 1.15 bits per heavy atom. The zero-order valence-electron chi connectivity index (χ0n) is 16.2. The number of rotatable bonds is 3. The molecule has 0 radical (unpaired) electrons. The molecule has 2 aliphatic heterocycles. The zero-order chi connectivity index (χ0) is 18.3. The van der Waals surface area contributed by atoms with Crippen molar-refractivity contribution in [3.8, 4) is 0 Å². The van der Waals surface area contributed by atoms with Crippen molar-refractivity contribution in [2.45, 2.75) is 46.0 Å². The first kappa shape index (κ1) is 17.7. The number of hydrogen-bond acceptors (Lipinski definition) is 5. The summed E-state index contributed by atoms with van der Waals surface area (Å²) in [5.74, 6) is 2.89. The average molecular weight is 358 g/mol. The van der Waals surface area contributed by atoms with E-state index in [4.69, 9.17) is 9.72 Å². The van der Waals surface area contributed by atoms with Crippen molar-refractivity contribution in [3.05, 3.63) is 17.6 Å².